The molecule has 0 heterocycles. The number of benzene rings is 2. The van der Waals surface area contributed by atoms with Gasteiger partial charge >= 0.3 is 0 Å². The number of halogens is 1. The first kappa shape index (κ1) is 15.9. The Kier molecular flexibility index (Phi) is 6.08. The molecule has 2 aromatic carbocycles. The third kappa shape index (κ3) is 4.76. The molecule has 0 aromatic heterocycles. The summed E-state index contributed by atoms with van der Waals surface area (Å²) in [5.41, 5.74) is 2.49. The Hall–Kier alpha value is -1.52. The smallest absolute Gasteiger partial charge is 0.128 e. The average molecular weight is 351 g/mol. The first-order valence-electron chi connectivity index (χ1n) is 7.08. The summed E-state index contributed by atoms with van der Waals surface area (Å²) in [6.45, 7) is 4.52. The molecule has 0 saturated heterocycles. The van der Waals surface area contributed by atoms with Gasteiger partial charge in [-0.15, -0.1) is 0 Å². The maximum absolute atomic E-state index is 5.67. The predicted molar refractivity (Wildman–Crippen MR) is 87.6 cm³/mol. The number of nitrogens with two attached hydrogens (primary N) is 1. The second kappa shape index (κ2) is 8.05. The zero-order valence-electron chi connectivity index (χ0n) is 12.4. The van der Waals surface area contributed by atoms with Gasteiger partial charge in [0, 0.05) is 15.6 Å². The van der Waals surface area contributed by atoms with Crippen LogP contribution in [0, 0.1) is 0 Å². The maximum Gasteiger partial charge on any atom is 0.128 e. The van der Waals surface area contributed by atoms with Crippen LogP contribution < -0.4 is 14.8 Å². The molecule has 112 valence electrons. The van der Waals surface area contributed by atoms with Gasteiger partial charge in [0.25, 0.3) is 0 Å². The van der Waals surface area contributed by atoms with Crippen LogP contribution in [0.1, 0.15) is 18.1 Å². The number of hydrogen-bond acceptors (Lipinski definition) is 2. The van der Waals surface area contributed by atoms with Crippen molar-refractivity contribution in [2.75, 3.05) is 13.7 Å². The van der Waals surface area contributed by atoms with Crippen molar-refractivity contribution < 1.29 is 14.8 Å². The van der Waals surface area contributed by atoms with Crippen molar-refractivity contribution in [3.63, 3.8) is 0 Å². The van der Waals surface area contributed by atoms with Gasteiger partial charge in [-0.1, -0.05) is 15.9 Å². The molecule has 2 aromatic rings. The minimum absolute atomic E-state index is 0.688. The van der Waals surface area contributed by atoms with E-state index in [4.69, 9.17) is 9.47 Å². The molecule has 0 aliphatic rings. The van der Waals surface area contributed by atoms with E-state index in [1.54, 1.807) is 7.11 Å². The van der Waals surface area contributed by atoms with E-state index in [1.165, 1.54) is 11.1 Å². The Bertz CT molecular complexity index is 570. The van der Waals surface area contributed by atoms with Crippen LogP contribution in [0.2, 0.25) is 0 Å². The molecule has 0 amide bonds. The van der Waals surface area contributed by atoms with Crippen LogP contribution in [-0.2, 0) is 13.1 Å². The van der Waals surface area contributed by atoms with Crippen LogP contribution in [0.3, 0.4) is 0 Å². The third-order valence-electron chi connectivity index (χ3n) is 3.23. The summed E-state index contributed by atoms with van der Waals surface area (Å²) >= 11 is 3.52. The standard InChI is InChI=1S/C17H20BrNO2/c1-3-21-17-9-6-15(18)10-14(17)12-19-11-13-4-7-16(20-2)8-5-13/h4-10,19H,3,11-12H2,1-2H3/p+1. The Morgan fingerprint density at radius 2 is 1.81 bits per heavy atom. The fraction of sp³-hybridized carbons (Fsp3) is 0.294. The van der Waals surface area contributed by atoms with Crippen molar-refractivity contribution in [2.45, 2.75) is 20.0 Å². The Morgan fingerprint density at radius 3 is 2.48 bits per heavy atom. The third-order valence-corrected chi connectivity index (χ3v) is 3.72. The molecular formula is C17H21BrNO2+. The largest absolute Gasteiger partial charge is 0.497 e. The second-order valence-electron chi connectivity index (χ2n) is 4.73. The minimum atomic E-state index is 0.688. The van der Waals surface area contributed by atoms with E-state index >= 15 is 0 Å². The quantitative estimate of drug-likeness (QED) is 0.832. The van der Waals surface area contributed by atoms with Crippen LogP contribution in [0.15, 0.2) is 46.9 Å². The van der Waals surface area contributed by atoms with Crippen LogP contribution in [0.5, 0.6) is 11.5 Å². The molecular weight excluding hydrogens is 330 g/mol. The highest BCUT2D eigenvalue weighted by molar-refractivity contribution is 9.10. The molecule has 3 nitrogen and oxygen atoms in total. The zero-order chi connectivity index (χ0) is 15.1. The van der Waals surface area contributed by atoms with Crippen molar-refractivity contribution >= 4 is 15.9 Å². The minimum Gasteiger partial charge on any atom is -0.497 e. The Balaban J connectivity index is 1.94. The first-order chi connectivity index (χ1) is 10.2. The topological polar surface area (TPSA) is 35.1 Å². The van der Waals surface area contributed by atoms with Gasteiger partial charge in [0.05, 0.1) is 13.7 Å². The van der Waals surface area contributed by atoms with E-state index in [-0.39, 0.29) is 0 Å². The molecule has 0 radical (unpaired) electrons. The lowest BCUT2D eigenvalue weighted by Crippen LogP contribution is -2.80. The normalized spacial score (nSPS) is 10.4. The molecule has 0 atom stereocenters. The number of methoxy groups -OCH3 is 1. The highest BCUT2D eigenvalue weighted by atomic mass is 79.9. The van der Waals surface area contributed by atoms with Gasteiger partial charge in [0.1, 0.15) is 24.6 Å². The summed E-state index contributed by atoms with van der Waals surface area (Å²) in [5.74, 6) is 1.86. The predicted octanol–water partition coefficient (Wildman–Crippen LogP) is 3.12. The van der Waals surface area contributed by atoms with Gasteiger partial charge in [0.15, 0.2) is 0 Å². The molecule has 0 fully saturated rings. The molecule has 0 unspecified atom stereocenters. The van der Waals surface area contributed by atoms with E-state index < -0.39 is 0 Å². The molecule has 0 aliphatic heterocycles. The molecule has 0 aliphatic carbocycles. The van der Waals surface area contributed by atoms with Crippen LogP contribution >= 0.6 is 15.9 Å². The second-order valence-corrected chi connectivity index (χ2v) is 5.65. The van der Waals surface area contributed by atoms with E-state index in [2.05, 4.69) is 39.4 Å². The lowest BCUT2D eigenvalue weighted by atomic mass is 10.2. The highest BCUT2D eigenvalue weighted by Gasteiger charge is 2.06. The molecule has 0 bridgehead atoms. The van der Waals surface area contributed by atoms with Gasteiger partial charge in [-0.3, -0.25) is 0 Å². The molecule has 2 rings (SSSR count). The van der Waals surface area contributed by atoms with E-state index in [1.807, 2.05) is 31.2 Å². The van der Waals surface area contributed by atoms with E-state index in [0.717, 1.165) is 29.1 Å². The fourth-order valence-corrected chi connectivity index (χ4v) is 2.57. The molecule has 0 saturated carbocycles. The maximum atomic E-state index is 5.67. The van der Waals surface area contributed by atoms with E-state index in [9.17, 15) is 0 Å². The molecule has 2 N–H and O–H groups in total. The molecule has 0 spiro atoms. The van der Waals surface area contributed by atoms with Gasteiger partial charge < -0.3 is 14.8 Å². The van der Waals surface area contributed by atoms with Gasteiger partial charge in [-0.2, -0.15) is 0 Å². The van der Waals surface area contributed by atoms with Crippen LogP contribution in [0.25, 0.3) is 0 Å². The monoisotopic (exact) mass is 350 g/mol. The van der Waals surface area contributed by atoms with E-state index in [0.29, 0.717) is 6.61 Å². The SMILES string of the molecule is CCOc1ccc(Br)cc1C[NH2+]Cc1ccc(OC)cc1. The first-order valence-corrected chi connectivity index (χ1v) is 7.88. The Labute approximate surface area is 134 Å². The zero-order valence-corrected chi connectivity index (χ0v) is 14.0. The molecule has 4 heteroatoms. The Morgan fingerprint density at radius 1 is 1.05 bits per heavy atom. The number of quaternary nitrogens is 1. The summed E-state index contributed by atoms with van der Waals surface area (Å²) in [4.78, 5) is 0. The average Bonchev–Trinajstić information content (AvgIpc) is 2.51. The van der Waals surface area contributed by atoms with Gasteiger partial charge in [0.2, 0.25) is 0 Å². The summed E-state index contributed by atoms with van der Waals surface area (Å²) < 4.78 is 11.9. The van der Waals surface area contributed by atoms with Crippen molar-refractivity contribution in [2.24, 2.45) is 0 Å². The summed E-state index contributed by atoms with van der Waals surface area (Å²) in [7, 11) is 1.68. The van der Waals surface area contributed by atoms with Crippen LogP contribution in [0.4, 0.5) is 0 Å². The van der Waals surface area contributed by atoms with Gasteiger partial charge in [-0.25, -0.2) is 0 Å². The van der Waals surface area contributed by atoms with Crippen molar-refractivity contribution in [3.8, 4) is 11.5 Å². The van der Waals surface area contributed by atoms with Crippen molar-refractivity contribution in [1.82, 2.24) is 0 Å². The van der Waals surface area contributed by atoms with Gasteiger partial charge in [-0.05, 0) is 49.4 Å². The number of rotatable bonds is 7. The number of hydrogen-bond donors (Lipinski definition) is 1. The summed E-state index contributed by atoms with van der Waals surface area (Å²) in [5, 5.41) is 2.27. The summed E-state index contributed by atoms with van der Waals surface area (Å²) in [6.07, 6.45) is 0. The van der Waals surface area contributed by atoms with Crippen molar-refractivity contribution in [1.29, 1.82) is 0 Å². The molecule has 21 heavy (non-hydrogen) atoms. The lowest BCUT2D eigenvalue weighted by Gasteiger charge is -2.10. The highest BCUT2D eigenvalue weighted by Crippen LogP contribution is 2.22. The van der Waals surface area contributed by atoms with Crippen LogP contribution in [-0.4, -0.2) is 13.7 Å². The lowest BCUT2D eigenvalue weighted by molar-refractivity contribution is -0.686. The fourth-order valence-electron chi connectivity index (χ4n) is 2.16. The number of ether oxygens (including phenoxy) is 2. The summed E-state index contributed by atoms with van der Waals surface area (Å²) in [6, 6.07) is 14.3. The van der Waals surface area contributed by atoms with Crippen molar-refractivity contribution in [3.05, 3.63) is 58.1 Å².